The maximum atomic E-state index is 13.6. The van der Waals surface area contributed by atoms with Gasteiger partial charge < -0.3 is 19.3 Å². The molecule has 198 valence electrons. The Morgan fingerprint density at radius 1 is 0.842 bits per heavy atom. The minimum atomic E-state index is -0.886. The maximum Gasteiger partial charge on any atom is 0.300 e. The van der Waals surface area contributed by atoms with E-state index in [1.807, 2.05) is 38.1 Å². The number of anilines is 1. The summed E-state index contributed by atoms with van der Waals surface area (Å²) in [6.07, 6.45) is -0.0102. The third kappa shape index (κ3) is 4.96. The molecule has 0 aromatic heterocycles. The highest BCUT2D eigenvalue weighted by Gasteiger charge is 2.47. The van der Waals surface area contributed by atoms with Crippen molar-refractivity contribution in [2.24, 2.45) is 0 Å². The monoisotopic (exact) mass is 515 g/mol. The first-order valence-corrected chi connectivity index (χ1v) is 12.6. The molecule has 7 heteroatoms. The van der Waals surface area contributed by atoms with E-state index in [-0.39, 0.29) is 23.0 Å². The topological polar surface area (TPSA) is 85.3 Å². The third-order valence-corrected chi connectivity index (χ3v) is 6.51. The van der Waals surface area contributed by atoms with Crippen molar-refractivity contribution in [1.29, 1.82) is 0 Å². The number of nitrogens with zero attached hydrogens (tertiary/aromatic N) is 1. The summed E-state index contributed by atoms with van der Waals surface area (Å²) >= 11 is 0. The van der Waals surface area contributed by atoms with Crippen LogP contribution in [0.4, 0.5) is 5.69 Å². The van der Waals surface area contributed by atoms with Crippen molar-refractivity contribution in [2.75, 3.05) is 19.1 Å². The molecule has 1 aliphatic heterocycles. The van der Waals surface area contributed by atoms with Gasteiger partial charge in [-0.2, -0.15) is 0 Å². The average molecular weight is 516 g/mol. The van der Waals surface area contributed by atoms with Crippen LogP contribution < -0.4 is 19.1 Å². The van der Waals surface area contributed by atoms with Gasteiger partial charge >= 0.3 is 0 Å². The van der Waals surface area contributed by atoms with Gasteiger partial charge in [0.05, 0.1) is 31.9 Å². The van der Waals surface area contributed by atoms with Crippen molar-refractivity contribution in [2.45, 2.75) is 45.8 Å². The summed E-state index contributed by atoms with van der Waals surface area (Å²) < 4.78 is 16.7. The van der Waals surface area contributed by atoms with Gasteiger partial charge in [-0.3, -0.25) is 14.5 Å². The summed E-state index contributed by atoms with van der Waals surface area (Å²) in [4.78, 5) is 28.5. The first-order valence-electron chi connectivity index (χ1n) is 12.6. The lowest BCUT2D eigenvalue weighted by molar-refractivity contribution is -0.132. The van der Waals surface area contributed by atoms with Crippen LogP contribution in [0.1, 0.15) is 56.3 Å². The zero-order valence-electron chi connectivity index (χ0n) is 22.5. The van der Waals surface area contributed by atoms with Crippen LogP contribution in [0.2, 0.25) is 0 Å². The van der Waals surface area contributed by atoms with E-state index in [9.17, 15) is 14.7 Å². The summed E-state index contributed by atoms with van der Waals surface area (Å²) in [6.45, 7) is 8.04. The molecule has 3 aromatic rings. The van der Waals surface area contributed by atoms with Crippen molar-refractivity contribution in [3.05, 3.63) is 89.0 Å². The normalized spacial score (nSPS) is 16.8. The van der Waals surface area contributed by atoms with Crippen LogP contribution in [0.5, 0.6) is 17.2 Å². The van der Waals surface area contributed by atoms with Crippen LogP contribution in [0.3, 0.4) is 0 Å². The Kier molecular flexibility index (Phi) is 7.76. The van der Waals surface area contributed by atoms with E-state index in [4.69, 9.17) is 14.2 Å². The number of methoxy groups -OCH3 is 2. The van der Waals surface area contributed by atoms with E-state index in [1.54, 1.807) is 42.5 Å². The SMILES string of the molecule is COc1cccc(OC)c1/C(O)=C1\C(=O)C(=O)N(c2ccc(C(C)C)cc2)C1c1ccc(OC(C)C)cc1. The van der Waals surface area contributed by atoms with E-state index >= 15 is 0 Å². The number of benzene rings is 3. The molecule has 0 bridgehead atoms. The first-order chi connectivity index (χ1) is 18.2. The first kappa shape index (κ1) is 26.8. The molecule has 1 amide bonds. The molecule has 0 radical (unpaired) electrons. The van der Waals surface area contributed by atoms with Gasteiger partial charge in [0.25, 0.3) is 11.7 Å². The fraction of sp³-hybridized carbons (Fsp3) is 0.290. The Labute approximate surface area is 223 Å². The van der Waals surface area contributed by atoms with Gasteiger partial charge in [-0.1, -0.05) is 44.2 Å². The molecular weight excluding hydrogens is 482 g/mol. The number of carbonyl (C=O) groups excluding carboxylic acids is 2. The second kappa shape index (κ2) is 11.0. The van der Waals surface area contributed by atoms with Crippen LogP contribution in [0.15, 0.2) is 72.3 Å². The summed E-state index contributed by atoms with van der Waals surface area (Å²) in [5.74, 6) is -0.301. The standard InChI is InChI=1S/C31H33NO6/c1-18(2)20-10-14-22(15-11-20)32-28(21-12-16-23(17-13-21)38-19(3)4)27(30(34)31(32)35)29(33)26-24(36-5)8-7-9-25(26)37-6/h7-19,28,33H,1-6H3/b29-27+. The summed E-state index contributed by atoms with van der Waals surface area (Å²) in [5.41, 5.74) is 2.45. The van der Waals surface area contributed by atoms with Crippen LogP contribution in [-0.4, -0.2) is 37.1 Å². The largest absolute Gasteiger partial charge is 0.506 e. The molecule has 4 rings (SSSR count). The lowest BCUT2D eigenvalue weighted by Crippen LogP contribution is -2.29. The Morgan fingerprint density at radius 3 is 1.92 bits per heavy atom. The highest BCUT2D eigenvalue weighted by atomic mass is 16.5. The predicted molar refractivity (Wildman–Crippen MR) is 147 cm³/mol. The van der Waals surface area contributed by atoms with Crippen molar-refractivity contribution in [3.63, 3.8) is 0 Å². The number of carbonyl (C=O) groups is 2. The Hall–Kier alpha value is -4.26. The van der Waals surface area contributed by atoms with Crippen LogP contribution >= 0.6 is 0 Å². The van der Waals surface area contributed by atoms with Gasteiger partial charge in [0.1, 0.15) is 28.6 Å². The number of hydrogen-bond acceptors (Lipinski definition) is 6. The number of aliphatic hydroxyl groups excluding tert-OH is 1. The minimum Gasteiger partial charge on any atom is -0.506 e. The van der Waals surface area contributed by atoms with Crippen LogP contribution in [0, 0.1) is 0 Å². The van der Waals surface area contributed by atoms with Gasteiger partial charge in [-0.15, -0.1) is 0 Å². The molecule has 1 atom stereocenters. The highest BCUT2D eigenvalue weighted by Crippen LogP contribution is 2.45. The lowest BCUT2D eigenvalue weighted by atomic mass is 9.94. The molecule has 1 aliphatic rings. The number of ether oxygens (including phenoxy) is 3. The van der Waals surface area contributed by atoms with Crippen molar-refractivity contribution < 1.29 is 28.9 Å². The predicted octanol–water partition coefficient (Wildman–Crippen LogP) is 6.24. The van der Waals surface area contributed by atoms with Gasteiger partial charge in [0.2, 0.25) is 0 Å². The minimum absolute atomic E-state index is 0.0102. The summed E-state index contributed by atoms with van der Waals surface area (Å²) in [7, 11) is 2.93. The van der Waals surface area contributed by atoms with Gasteiger partial charge in [0.15, 0.2) is 0 Å². The fourth-order valence-electron chi connectivity index (χ4n) is 4.65. The molecule has 38 heavy (non-hydrogen) atoms. The lowest BCUT2D eigenvalue weighted by Gasteiger charge is -2.26. The molecule has 0 saturated carbocycles. The zero-order chi connectivity index (χ0) is 27.6. The van der Waals surface area contributed by atoms with Crippen molar-refractivity contribution in [3.8, 4) is 17.2 Å². The third-order valence-electron chi connectivity index (χ3n) is 6.51. The van der Waals surface area contributed by atoms with Crippen LogP contribution in [0.25, 0.3) is 5.76 Å². The van der Waals surface area contributed by atoms with Crippen molar-refractivity contribution >= 4 is 23.1 Å². The van der Waals surface area contributed by atoms with Crippen molar-refractivity contribution in [1.82, 2.24) is 0 Å². The van der Waals surface area contributed by atoms with Gasteiger partial charge in [-0.25, -0.2) is 0 Å². The molecule has 1 saturated heterocycles. The Bertz CT molecular complexity index is 1330. The Balaban J connectivity index is 1.94. The van der Waals surface area contributed by atoms with E-state index in [1.165, 1.54) is 19.1 Å². The number of hydrogen-bond donors (Lipinski definition) is 1. The number of amides is 1. The molecular formula is C31H33NO6. The van der Waals surface area contributed by atoms with E-state index in [0.29, 0.717) is 34.4 Å². The van der Waals surface area contributed by atoms with E-state index < -0.39 is 17.7 Å². The molecule has 0 aliphatic carbocycles. The molecule has 1 unspecified atom stereocenters. The molecule has 1 fully saturated rings. The molecule has 7 nitrogen and oxygen atoms in total. The van der Waals surface area contributed by atoms with Gasteiger partial charge in [0, 0.05) is 5.69 Å². The van der Waals surface area contributed by atoms with Gasteiger partial charge in [-0.05, 0) is 67.3 Å². The molecule has 1 N–H and O–H groups in total. The molecule has 3 aromatic carbocycles. The fourth-order valence-corrected chi connectivity index (χ4v) is 4.65. The second-order valence-electron chi connectivity index (χ2n) is 9.69. The summed E-state index contributed by atoms with van der Waals surface area (Å²) in [6, 6.07) is 18.9. The number of rotatable bonds is 8. The smallest absolute Gasteiger partial charge is 0.300 e. The quantitative estimate of drug-likeness (QED) is 0.217. The highest BCUT2D eigenvalue weighted by molar-refractivity contribution is 6.51. The molecule has 0 spiro atoms. The zero-order valence-corrected chi connectivity index (χ0v) is 22.5. The van der Waals surface area contributed by atoms with E-state index in [2.05, 4.69) is 13.8 Å². The number of aliphatic hydroxyl groups is 1. The summed E-state index contributed by atoms with van der Waals surface area (Å²) in [5, 5.41) is 11.6. The molecule has 1 heterocycles. The average Bonchev–Trinajstić information content (AvgIpc) is 3.17. The van der Waals surface area contributed by atoms with Crippen LogP contribution in [-0.2, 0) is 9.59 Å². The Morgan fingerprint density at radius 2 is 1.42 bits per heavy atom. The number of Topliss-reactive ketones (excluding diaryl/α,β-unsaturated/α-hetero) is 1. The maximum absolute atomic E-state index is 13.6. The van der Waals surface area contributed by atoms with E-state index in [0.717, 1.165) is 5.56 Å². The number of ketones is 1. The second-order valence-corrected chi connectivity index (χ2v) is 9.69.